The second-order valence-electron chi connectivity index (χ2n) is 5.70. The van der Waals surface area contributed by atoms with Gasteiger partial charge in [-0.3, -0.25) is 9.69 Å². The standard InChI is InChI=1S/C19H20N2O5/c1-24-16-8-7-13(11-17(16)25-2)12-18(22)20-14-5-3-4-6-15(14)21-9-10-26-19(21)23/h3-8,11H,9-10,12H2,1-2H3,(H,20,22). The molecule has 1 N–H and O–H groups in total. The largest absolute Gasteiger partial charge is 0.493 e. The third kappa shape index (κ3) is 3.72. The normalized spacial score (nSPS) is 13.3. The molecule has 0 atom stereocenters. The van der Waals surface area contributed by atoms with Gasteiger partial charge in [0.05, 0.1) is 38.6 Å². The van der Waals surface area contributed by atoms with E-state index in [2.05, 4.69) is 5.32 Å². The van der Waals surface area contributed by atoms with Crippen molar-refractivity contribution in [2.45, 2.75) is 6.42 Å². The minimum atomic E-state index is -0.411. The van der Waals surface area contributed by atoms with E-state index in [1.165, 1.54) is 4.90 Å². The molecule has 1 saturated heterocycles. The molecule has 7 nitrogen and oxygen atoms in total. The lowest BCUT2D eigenvalue weighted by molar-refractivity contribution is -0.115. The van der Waals surface area contributed by atoms with Crippen molar-refractivity contribution in [1.82, 2.24) is 0 Å². The number of carbonyl (C=O) groups excluding carboxylic acids is 2. The highest BCUT2D eigenvalue weighted by atomic mass is 16.6. The Kier molecular flexibility index (Phi) is 5.26. The molecule has 0 aromatic heterocycles. The van der Waals surface area contributed by atoms with Gasteiger partial charge in [-0.1, -0.05) is 18.2 Å². The number of amides is 2. The topological polar surface area (TPSA) is 77.1 Å². The molecule has 0 spiro atoms. The Hall–Kier alpha value is -3.22. The molecule has 0 saturated carbocycles. The first kappa shape index (κ1) is 17.6. The SMILES string of the molecule is COc1ccc(CC(=O)Nc2ccccc2N2CCOC2=O)cc1OC. The van der Waals surface area contributed by atoms with Crippen LogP contribution in [0.15, 0.2) is 42.5 Å². The molecule has 1 aliphatic rings. The first-order valence-corrected chi connectivity index (χ1v) is 8.16. The van der Waals surface area contributed by atoms with Crippen molar-refractivity contribution < 1.29 is 23.8 Å². The van der Waals surface area contributed by atoms with Gasteiger partial charge < -0.3 is 19.5 Å². The Morgan fingerprint density at radius 3 is 2.62 bits per heavy atom. The van der Waals surface area contributed by atoms with E-state index in [-0.39, 0.29) is 12.3 Å². The first-order valence-electron chi connectivity index (χ1n) is 8.16. The fourth-order valence-electron chi connectivity index (χ4n) is 2.80. The highest BCUT2D eigenvalue weighted by molar-refractivity contribution is 6.00. The fraction of sp³-hybridized carbons (Fsp3) is 0.263. The quantitative estimate of drug-likeness (QED) is 0.861. The van der Waals surface area contributed by atoms with Crippen molar-refractivity contribution in [1.29, 1.82) is 0 Å². The van der Waals surface area contributed by atoms with E-state index in [9.17, 15) is 9.59 Å². The summed E-state index contributed by atoms with van der Waals surface area (Å²) in [5.41, 5.74) is 1.98. The third-order valence-corrected chi connectivity index (χ3v) is 4.04. The number of nitrogens with zero attached hydrogens (tertiary/aromatic N) is 1. The van der Waals surface area contributed by atoms with Crippen LogP contribution in [-0.2, 0) is 16.0 Å². The van der Waals surface area contributed by atoms with E-state index in [0.717, 1.165) is 5.56 Å². The molecule has 0 unspecified atom stereocenters. The molecule has 26 heavy (non-hydrogen) atoms. The maximum Gasteiger partial charge on any atom is 0.414 e. The van der Waals surface area contributed by atoms with E-state index in [1.807, 2.05) is 12.1 Å². The van der Waals surface area contributed by atoms with E-state index in [1.54, 1.807) is 44.6 Å². The smallest absolute Gasteiger partial charge is 0.414 e. The lowest BCUT2D eigenvalue weighted by atomic mass is 10.1. The van der Waals surface area contributed by atoms with Crippen molar-refractivity contribution in [3.05, 3.63) is 48.0 Å². The molecule has 0 aliphatic carbocycles. The number of benzene rings is 2. The predicted molar refractivity (Wildman–Crippen MR) is 97.0 cm³/mol. The first-order chi connectivity index (χ1) is 12.6. The van der Waals surface area contributed by atoms with Gasteiger partial charge in [-0.2, -0.15) is 0 Å². The predicted octanol–water partition coefficient (Wildman–Crippen LogP) is 2.84. The number of para-hydroxylation sites is 2. The minimum absolute atomic E-state index is 0.166. The summed E-state index contributed by atoms with van der Waals surface area (Å²) in [6.07, 6.45) is -0.245. The van der Waals surface area contributed by atoms with Crippen molar-refractivity contribution in [2.75, 3.05) is 37.6 Å². The zero-order chi connectivity index (χ0) is 18.5. The molecule has 1 heterocycles. The van der Waals surface area contributed by atoms with Gasteiger partial charge in [-0.05, 0) is 29.8 Å². The average molecular weight is 356 g/mol. The zero-order valence-corrected chi connectivity index (χ0v) is 14.7. The molecular weight excluding hydrogens is 336 g/mol. The lowest BCUT2D eigenvalue weighted by Gasteiger charge is -2.17. The lowest BCUT2D eigenvalue weighted by Crippen LogP contribution is -2.25. The van der Waals surface area contributed by atoms with Crippen LogP contribution in [0.5, 0.6) is 11.5 Å². The summed E-state index contributed by atoms with van der Waals surface area (Å²) in [6, 6.07) is 12.5. The molecule has 2 amide bonds. The monoisotopic (exact) mass is 356 g/mol. The van der Waals surface area contributed by atoms with E-state index in [0.29, 0.717) is 36.0 Å². The van der Waals surface area contributed by atoms with Crippen LogP contribution >= 0.6 is 0 Å². The molecule has 136 valence electrons. The highest BCUT2D eigenvalue weighted by Crippen LogP contribution is 2.29. The summed E-state index contributed by atoms with van der Waals surface area (Å²) in [5.74, 6) is 0.977. The number of anilines is 2. The van der Waals surface area contributed by atoms with Crippen LogP contribution in [0.4, 0.5) is 16.2 Å². The number of hydrogen-bond acceptors (Lipinski definition) is 5. The van der Waals surface area contributed by atoms with Gasteiger partial charge in [0.2, 0.25) is 5.91 Å². The molecule has 7 heteroatoms. The van der Waals surface area contributed by atoms with Gasteiger partial charge in [-0.15, -0.1) is 0 Å². The molecule has 1 aliphatic heterocycles. The van der Waals surface area contributed by atoms with Gasteiger partial charge in [-0.25, -0.2) is 4.79 Å². The van der Waals surface area contributed by atoms with E-state index in [4.69, 9.17) is 14.2 Å². The Morgan fingerprint density at radius 1 is 1.15 bits per heavy atom. The number of rotatable bonds is 6. The summed E-state index contributed by atoms with van der Waals surface area (Å²) in [7, 11) is 3.11. The summed E-state index contributed by atoms with van der Waals surface area (Å²) in [4.78, 5) is 25.8. The number of carbonyl (C=O) groups is 2. The van der Waals surface area contributed by atoms with Crippen LogP contribution in [0.1, 0.15) is 5.56 Å². The maximum atomic E-state index is 12.5. The van der Waals surface area contributed by atoms with Crippen molar-refractivity contribution >= 4 is 23.4 Å². The molecule has 3 rings (SSSR count). The highest BCUT2D eigenvalue weighted by Gasteiger charge is 2.25. The number of methoxy groups -OCH3 is 2. The molecule has 0 radical (unpaired) electrons. The van der Waals surface area contributed by atoms with E-state index >= 15 is 0 Å². The van der Waals surface area contributed by atoms with Gasteiger partial charge in [0.25, 0.3) is 0 Å². The Bertz CT molecular complexity index is 821. The van der Waals surface area contributed by atoms with Gasteiger partial charge in [0.15, 0.2) is 11.5 Å². The van der Waals surface area contributed by atoms with E-state index < -0.39 is 6.09 Å². The number of hydrogen-bond donors (Lipinski definition) is 1. The molecule has 0 bridgehead atoms. The van der Waals surface area contributed by atoms with Crippen LogP contribution < -0.4 is 19.7 Å². The van der Waals surface area contributed by atoms with Crippen LogP contribution in [0.3, 0.4) is 0 Å². The third-order valence-electron chi connectivity index (χ3n) is 4.04. The van der Waals surface area contributed by atoms with Crippen molar-refractivity contribution in [2.24, 2.45) is 0 Å². The van der Waals surface area contributed by atoms with Crippen molar-refractivity contribution in [3.8, 4) is 11.5 Å². The van der Waals surface area contributed by atoms with Gasteiger partial charge in [0.1, 0.15) is 6.61 Å². The Balaban J connectivity index is 1.74. The fourth-order valence-corrected chi connectivity index (χ4v) is 2.80. The maximum absolute atomic E-state index is 12.5. The molecular formula is C19H20N2O5. The Labute approximate surface area is 151 Å². The van der Waals surface area contributed by atoms with Crippen LogP contribution in [0, 0.1) is 0 Å². The number of cyclic esters (lactones) is 1. The van der Waals surface area contributed by atoms with Crippen molar-refractivity contribution in [3.63, 3.8) is 0 Å². The molecule has 2 aromatic carbocycles. The van der Waals surface area contributed by atoms with Gasteiger partial charge in [0, 0.05) is 0 Å². The Morgan fingerprint density at radius 2 is 1.92 bits per heavy atom. The average Bonchev–Trinajstić information content (AvgIpc) is 3.07. The van der Waals surface area contributed by atoms with Crippen LogP contribution in [0.25, 0.3) is 0 Å². The van der Waals surface area contributed by atoms with Gasteiger partial charge >= 0.3 is 6.09 Å². The van der Waals surface area contributed by atoms with Crippen LogP contribution in [-0.4, -0.2) is 39.4 Å². The second-order valence-corrected chi connectivity index (χ2v) is 5.70. The zero-order valence-electron chi connectivity index (χ0n) is 14.7. The number of ether oxygens (including phenoxy) is 3. The summed E-state index contributed by atoms with van der Waals surface area (Å²) >= 11 is 0. The molecule has 1 fully saturated rings. The summed E-state index contributed by atoms with van der Waals surface area (Å²) < 4.78 is 15.4. The summed E-state index contributed by atoms with van der Waals surface area (Å²) in [6.45, 7) is 0.800. The number of nitrogens with one attached hydrogen (secondary N) is 1. The minimum Gasteiger partial charge on any atom is -0.493 e. The second kappa shape index (κ2) is 7.77. The summed E-state index contributed by atoms with van der Waals surface area (Å²) in [5, 5.41) is 2.86. The van der Waals surface area contributed by atoms with Crippen LogP contribution in [0.2, 0.25) is 0 Å². The molecule has 2 aromatic rings.